The number of hydrogen-bond acceptors (Lipinski definition) is 9. The maximum absolute atomic E-state index is 14.9. The summed E-state index contributed by atoms with van der Waals surface area (Å²) in [6.07, 6.45) is -3.38. The van der Waals surface area contributed by atoms with Gasteiger partial charge in [-0.1, -0.05) is 23.4 Å². The standard InChI is InChI=1S/C22H19ClF4N4O6S/c1-3-35-7-5-12-4-6-29-20(37-36-11(2)32)19(12)38-16-9-15(14(24)8-13(16)23)30-18(33)10-17(22(25,26)27)31(28)21(30)34/h4,6,8-10H,3,5,7,28H2,1-2H3. The van der Waals surface area contributed by atoms with E-state index < -0.39 is 40.6 Å². The summed E-state index contributed by atoms with van der Waals surface area (Å²) in [6.45, 7) is 3.63. The molecule has 0 saturated heterocycles. The number of nitrogen functional groups attached to an aromatic ring is 1. The summed E-state index contributed by atoms with van der Waals surface area (Å²) >= 11 is 7.07. The van der Waals surface area contributed by atoms with Crippen molar-refractivity contribution < 1.29 is 36.9 Å². The highest BCUT2D eigenvalue weighted by Crippen LogP contribution is 2.41. The molecule has 204 valence electrons. The molecule has 3 rings (SSSR count). The molecule has 0 radical (unpaired) electrons. The molecule has 10 nitrogen and oxygen atoms in total. The molecule has 16 heteroatoms. The molecule has 0 aliphatic rings. The molecule has 0 bridgehead atoms. The summed E-state index contributed by atoms with van der Waals surface area (Å²) in [5.41, 5.74) is -4.94. The van der Waals surface area contributed by atoms with Gasteiger partial charge in [0.25, 0.3) is 11.4 Å². The predicted octanol–water partition coefficient (Wildman–Crippen LogP) is 3.51. The SMILES string of the molecule is CCOCCc1ccnc(OOC(C)=O)c1Sc1cc(-n2c(=O)cc(C(F)(F)F)n(N)c2=O)c(F)cc1Cl. The molecule has 0 unspecified atom stereocenters. The third kappa shape index (κ3) is 6.46. The third-order valence-corrected chi connectivity index (χ3v) is 6.42. The summed E-state index contributed by atoms with van der Waals surface area (Å²) in [7, 11) is 0. The molecule has 2 aromatic heterocycles. The Bertz CT molecular complexity index is 1480. The van der Waals surface area contributed by atoms with Gasteiger partial charge in [-0.3, -0.25) is 9.68 Å². The fraction of sp³-hybridized carbons (Fsp3) is 0.273. The highest BCUT2D eigenvalue weighted by Gasteiger charge is 2.36. The number of halogens is 5. The Labute approximate surface area is 220 Å². The molecule has 0 aliphatic carbocycles. The van der Waals surface area contributed by atoms with Crippen molar-refractivity contribution >= 4 is 29.3 Å². The molecule has 0 spiro atoms. The first-order valence-corrected chi connectivity index (χ1v) is 11.8. The van der Waals surface area contributed by atoms with Crippen molar-refractivity contribution in [3.8, 4) is 11.6 Å². The van der Waals surface area contributed by atoms with Crippen LogP contribution in [-0.4, -0.2) is 33.4 Å². The van der Waals surface area contributed by atoms with Gasteiger partial charge >= 0.3 is 17.8 Å². The van der Waals surface area contributed by atoms with Crippen LogP contribution in [0.2, 0.25) is 5.02 Å². The molecule has 2 heterocycles. The van der Waals surface area contributed by atoms with Crippen molar-refractivity contribution in [2.75, 3.05) is 19.1 Å². The number of carbonyl (C=O) groups is 1. The zero-order valence-electron chi connectivity index (χ0n) is 19.7. The molecular weight excluding hydrogens is 560 g/mol. The Hall–Kier alpha value is -3.56. The lowest BCUT2D eigenvalue weighted by Crippen LogP contribution is -2.45. The Kier molecular flexibility index (Phi) is 9.06. The fourth-order valence-corrected chi connectivity index (χ4v) is 4.42. The number of hydrogen-bond donors (Lipinski definition) is 1. The molecule has 3 aromatic rings. The van der Waals surface area contributed by atoms with Crippen LogP contribution in [0.5, 0.6) is 5.88 Å². The maximum Gasteiger partial charge on any atom is 0.433 e. The van der Waals surface area contributed by atoms with E-state index in [-0.39, 0.29) is 36.0 Å². The zero-order chi connectivity index (χ0) is 28.2. The van der Waals surface area contributed by atoms with E-state index in [1.165, 1.54) is 6.20 Å². The minimum Gasteiger partial charge on any atom is -0.381 e. The normalized spacial score (nSPS) is 11.4. The first kappa shape index (κ1) is 29.0. The lowest BCUT2D eigenvalue weighted by atomic mass is 10.2. The van der Waals surface area contributed by atoms with Crippen molar-refractivity contribution in [2.45, 2.75) is 36.2 Å². The maximum atomic E-state index is 14.9. The molecule has 0 amide bonds. The number of aromatic nitrogens is 3. The van der Waals surface area contributed by atoms with Crippen LogP contribution in [0.1, 0.15) is 25.1 Å². The number of carbonyl (C=O) groups excluding carboxylic acids is 1. The van der Waals surface area contributed by atoms with E-state index in [1.54, 1.807) is 13.0 Å². The third-order valence-electron chi connectivity index (χ3n) is 4.79. The molecule has 1 aromatic carbocycles. The molecular formula is C22H19ClF4N4O6S. The lowest BCUT2D eigenvalue weighted by Gasteiger charge is -2.16. The fourth-order valence-electron chi connectivity index (χ4n) is 3.13. The van der Waals surface area contributed by atoms with Crippen LogP contribution >= 0.6 is 23.4 Å². The van der Waals surface area contributed by atoms with Crippen LogP contribution < -0.4 is 22.0 Å². The minimum absolute atomic E-state index is 0.0520. The Morgan fingerprint density at radius 3 is 2.58 bits per heavy atom. The monoisotopic (exact) mass is 578 g/mol. The van der Waals surface area contributed by atoms with Crippen molar-refractivity contribution in [1.29, 1.82) is 0 Å². The second kappa shape index (κ2) is 11.9. The van der Waals surface area contributed by atoms with Gasteiger partial charge in [0.15, 0.2) is 5.69 Å². The second-order valence-corrected chi connectivity index (χ2v) is 8.86. The van der Waals surface area contributed by atoms with E-state index >= 15 is 0 Å². The molecule has 0 aliphatic heterocycles. The summed E-state index contributed by atoms with van der Waals surface area (Å²) in [5.74, 6) is 3.15. The van der Waals surface area contributed by atoms with Gasteiger partial charge in [0.05, 0.1) is 22.2 Å². The molecule has 38 heavy (non-hydrogen) atoms. The Balaban J connectivity index is 2.15. The highest BCUT2D eigenvalue weighted by atomic mass is 35.5. The van der Waals surface area contributed by atoms with E-state index in [0.717, 1.165) is 30.8 Å². The minimum atomic E-state index is -5.11. The van der Waals surface area contributed by atoms with Crippen LogP contribution in [0.3, 0.4) is 0 Å². The van der Waals surface area contributed by atoms with E-state index in [2.05, 4.69) is 9.87 Å². The van der Waals surface area contributed by atoms with Gasteiger partial charge in [-0.05, 0) is 37.1 Å². The van der Waals surface area contributed by atoms with Crippen LogP contribution in [0.15, 0.2) is 49.8 Å². The van der Waals surface area contributed by atoms with Gasteiger partial charge in [-0.15, -0.1) is 0 Å². The molecule has 0 saturated carbocycles. The van der Waals surface area contributed by atoms with Crippen LogP contribution in [0.4, 0.5) is 17.6 Å². The van der Waals surface area contributed by atoms with Crippen molar-refractivity contribution in [3.63, 3.8) is 0 Å². The summed E-state index contributed by atoms with van der Waals surface area (Å²) in [5, 5.41) is -0.178. The Morgan fingerprint density at radius 2 is 1.95 bits per heavy atom. The smallest absolute Gasteiger partial charge is 0.381 e. The van der Waals surface area contributed by atoms with E-state index in [0.29, 0.717) is 25.2 Å². The number of nitrogens with two attached hydrogens (primary N) is 1. The summed E-state index contributed by atoms with van der Waals surface area (Å²) in [6, 6.07) is 3.44. The number of ether oxygens (including phenoxy) is 1. The number of alkyl halides is 3. The van der Waals surface area contributed by atoms with Crippen LogP contribution in [-0.2, 0) is 27.0 Å². The number of rotatable bonds is 9. The van der Waals surface area contributed by atoms with Crippen molar-refractivity contribution in [1.82, 2.24) is 14.2 Å². The van der Waals surface area contributed by atoms with Gasteiger partial charge in [-0.25, -0.2) is 33.1 Å². The average Bonchev–Trinajstić information content (AvgIpc) is 2.83. The number of benzene rings is 1. The van der Waals surface area contributed by atoms with Crippen molar-refractivity contribution in [3.05, 3.63) is 73.4 Å². The van der Waals surface area contributed by atoms with Crippen molar-refractivity contribution in [2.24, 2.45) is 0 Å². The van der Waals surface area contributed by atoms with E-state index in [4.69, 9.17) is 27.1 Å². The van der Waals surface area contributed by atoms with Gasteiger partial charge in [0.2, 0.25) is 0 Å². The molecule has 0 fully saturated rings. The van der Waals surface area contributed by atoms with Gasteiger partial charge in [0, 0.05) is 30.7 Å². The van der Waals surface area contributed by atoms with Gasteiger partial charge in [-0.2, -0.15) is 13.2 Å². The first-order valence-electron chi connectivity index (χ1n) is 10.6. The van der Waals surface area contributed by atoms with Crippen LogP contribution in [0, 0.1) is 5.82 Å². The topological polar surface area (TPSA) is 128 Å². The quantitative estimate of drug-likeness (QED) is 0.133. The molecule has 0 atom stereocenters. The summed E-state index contributed by atoms with van der Waals surface area (Å²) < 4.78 is 59.5. The van der Waals surface area contributed by atoms with Crippen LogP contribution in [0.25, 0.3) is 5.69 Å². The molecule has 2 N–H and O–H groups in total. The largest absolute Gasteiger partial charge is 0.433 e. The lowest BCUT2D eigenvalue weighted by molar-refractivity contribution is -0.213. The highest BCUT2D eigenvalue weighted by molar-refractivity contribution is 7.99. The van der Waals surface area contributed by atoms with Gasteiger partial charge in [0.1, 0.15) is 5.82 Å². The Morgan fingerprint density at radius 1 is 1.24 bits per heavy atom. The number of pyridine rings is 1. The second-order valence-electron chi connectivity index (χ2n) is 7.40. The van der Waals surface area contributed by atoms with E-state index in [9.17, 15) is 31.9 Å². The van der Waals surface area contributed by atoms with E-state index in [1.807, 2.05) is 0 Å². The number of nitrogens with zero attached hydrogens (tertiary/aromatic N) is 3. The predicted molar refractivity (Wildman–Crippen MR) is 127 cm³/mol. The van der Waals surface area contributed by atoms with Gasteiger partial charge < -0.3 is 10.6 Å². The first-order chi connectivity index (χ1) is 17.8. The summed E-state index contributed by atoms with van der Waals surface area (Å²) in [4.78, 5) is 50.2. The average molecular weight is 579 g/mol. The zero-order valence-corrected chi connectivity index (χ0v) is 21.2.